The van der Waals surface area contributed by atoms with Crippen molar-refractivity contribution >= 4 is 23.2 Å². The maximum atomic E-state index is 10.4. The molecule has 5 aromatic rings. The van der Waals surface area contributed by atoms with Crippen molar-refractivity contribution in [3.8, 4) is 23.2 Å². The largest absolute Gasteiger partial charge is 0.461 e. The zero-order valence-corrected chi connectivity index (χ0v) is 29.8. The maximum absolute atomic E-state index is 10.4. The predicted molar refractivity (Wildman–Crippen MR) is 192 cm³/mol. The molecular formula is C34H46N14O4. The number of aliphatic imine (C=N–C) groups is 1. The summed E-state index contributed by atoms with van der Waals surface area (Å²) in [4.78, 5) is 28.9. The van der Waals surface area contributed by atoms with Gasteiger partial charge in [0.15, 0.2) is 17.2 Å². The van der Waals surface area contributed by atoms with Gasteiger partial charge in [-0.15, -0.1) is 10.2 Å². The zero-order valence-electron chi connectivity index (χ0n) is 29.8. The Hall–Kier alpha value is -4.88. The Morgan fingerprint density at radius 3 is 2.19 bits per heavy atom. The molecule has 18 heteroatoms. The highest BCUT2D eigenvalue weighted by molar-refractivity contribution is 5.85. The first kappa shape index (κ1) is 34.2. The van der Waals surface area contributed by atoms with Crippen molar-refractivity contribution in [1.29, 1.82) is 0 Å². The summed E-state index contributed by atoms with van der Waals surface area (Å²) < 4.78 is 14.5. The Morgan fingerprint density at radius 1 is 0.904 bits per heavy atom. The summed E-state index contributed by atoms with van der Waals surface area (Å²) in [6.45, 7) is 13.0. The molecule has 0 aliphatic carbocycles. The van der Waals surface area contributed by atoms with Crippen LogP contribution in [-0.4, -0.2) is 142 Å². The summed E-state index contributed by atoms with van der Waals surface area (Å²) in [7, 11) is 0. The number of fused-ring (bicyclic) bond motifs is 2. The SMILES string of the molecule is CC(O)CCN1CCN(C2=NC(N)(Nc3nc(N4CCN(CC(C)(C)O)CC4)cc4nc(-c5ccco5)nn34)n3nc(-c4ccco4)nc3C2)CC1. The van der Waals surface area contributed by atoms with E-state index >= 15 is 0 Å². The van der Waals surface area contributed by atoms with Crippen LogP contribution in [0.2, 0.25) is 0 Å². The van der Waals surface area contributed by atoms with E-state index in [9.17, 15) is 10.2 Å². The number of aliphatic hydroxyl groups excluding tert-OH is 1. The van der Waals surface area contributed by atoms with Gasteiger partial charge in [0.25, 0.3) is 5.91 Å². The number of hydrogen-bond acceptors (Lipinski definition) is 16. The monoisotopic (exact) mass is 714 g/mol. The van der Waals surface area contributed by atoms with Crippen LogP contribution in [0.1, 0.15) is 33.0 Å². The minimum Gasteiger partial charge on any atom is -0.461 e. The molecule has 2 unspecified atom stereocenters. The van der Waals surface area contributed by atoms with Gasteiger partial charge in [0.1, 0.15) is 17.5 Å². The van der Waals surface area contributed by atoms with E-state index in [0.717, 1.165) is 58.1 Å². The maximum Gasteiger partial charge on any atom is 0.290 e. The molecule has 2 atom stereocenters. The van der Waals surface area contributed by atoms with E-state index in [1.54, 1.807) is 33.9 Å². The quantitative estimate of drug-likeness (QED) is 0.150. The van der Waals surface area contributed by atoms with Gasteiger partial charge in [-0.3, -0.25) is 20.9 Å². The van der Waals surface area contributed by atoms with Gasteiger partial charge in [0.05, 0.1) is 30.7 Å². The Balaban J connectivity index is 1.15. The standard InChI is InChI=1S/C34H46N14O4/c1-23(49)8-9-43-10-14-46(15-11-43)29-21-28-37-31(25-7-5-19-52-25)42-48(28)34(35,39-29)40-32-38-26(45-16-12-44(13-17-45)22-33(2,3)50)20-27-36-30(41-47(27)32)24-6-4-18-51-24/h4-7,18-20,23,49-50H,8-17,21-22,35H2,1-3H3,(H,38,40). The number of nitrogens with zero attached hydrogens (tertiary/aromatic N) is 12. The van der Waals surface area contributed by atoms with Gasteiger partial charge in [-0.25, -0.2) is 15.0 Å². The molecule has 52 heavy (non-hydrogen) atoms. The van der Waals surface area contributed by atoms with Gasteiger partial charge in [0.2, 0.25) is 17.6 Å². The average Bonchev–Trinajstić information content (AvgIpc) is 3.94. The highest BCUT2D eigenvalue weighted by Crippen LogP contribution is 2.29. The summed E-state index contributed by atoms with van der Waals surface area (Å²) in [5, 5.41) is 33.2. The van der Waals surface area contributed by atoms with Gasteiger partial charge in [0, 0.05) is 71.5 Å². The van der Waals surface area contributed by atoms with E-state index in [-0.39, 0.29) is 6.10 Å². The van der Waals surface area contributed by atoms with Crippen molar-refractivity contribution in [3.05, 3.63) is 48.7 Å². The molecule has 2 saturated heterocycles. The first-order valence-electron chi connectivity index (χ1n) is 17.8. The van der Waals surface area contributed by atoms with E-state index in [1.165, 1.54) is 0 Å². The van der Waals surface area contributed by atoms with Crippen LogP contribution in [0.3, 0.4) is 0 Å². The highest BCUT2D eigenvalue weighted by Gasteiger charge is 2.40. The van der Waals surface area contributed by atoms with Crippen molar-refractivity contribution in [3.63, 3.8) is 0 Å². The first-order chi connectivity index (χ1) is 25.0. The van der Waals surface area contributed by atoms with Gasteiger partial charge in [-0.2, -0.15) is 14.2 Å². The Bertz CT molecular complexity index is 2000. The summed E-state index contributed by atoms with van der Waals surface area (Å²) in [5.41, 5.74) is 7.04. The molecule has 2 fully saturated rings. The molecule has 276 valence electrons. The molecule has 0 aromatic carbocycles. The van der Waals surface area contributed by atoms with Crippen molar-refractivity contribution < 1.29 is 19.0 Å². The first-order valence-corrected chi connectivity index (χ1v) is 17.8. The highest BCUT2D eigenvalue weighted by atomic mass is 16.3. The number of furan rings is 2. The number of amidine groups is 1. The summed E-state index contributed by atoms with van der Waals surface area (Å²) in [6, 6.07) is 9.10. The van der Waals surface area contributed by atoms with E-state index in [4.69, 9.17) is 44.7 Å². The van der Waals surface area contributed by atoms with Crippen molar-refractivity contribution in [2.75, 3.05) is 75.7 Å². The number of anilines is 2. The number of nitrogens with one attached hydrogen (secondary N) is 1. The third-order valence-electron chi connectivity index (χ3n) is 9.61. The molecule has 8 heterocycles. The molecule has 18 nitrogen and oxygen atoms in total. The third-order valence-corrected chi connectivity index (χ3v) is 9.61. The number of nitrogens with two attached hydrogens (primary N) is 1. The van der Waals surface area contributed by atoms with E-state index in [0.29, 0.717) is 72.5 Å². The Kier molecular flexibility index (Phi) is 8.94. The molecule has 0 bridgehead atoms. The number of aromatic nitrogens is 7. The minimum absolute atomic E-state index is 0.313. The molecule has 5 aromatic heterocycles. The van der Waals surface area contributed by atoms with Crippen LogP contribution >= 0.6 is 0 Å². The lowest BCUT2D eigenvalue weighted by Gasteiger charge is -2.40. The average molecular weight is 715 g/mol. The summed E-state index contributed by atoms with van der Waals surface area (Å²) in [6.07, 6.45) is 3.99. The van der Waals surface area contributed by atoms with Gasteiger partial charge < -0.3 is 28.8 Å². The third kappa shape index (κ3) is 7.11. The second kappa shape index (κ2) is 13.6. The fraction of sp³-hybridized carbons (Fsp3) is 0.529. The van der Waals surface area contributed by atoms with Crippen LogP contribution in [-0.2, 0) is 12.3 Å². The van der Waals surface area contributed by atoms with Crippen LogP contribution in [0.15, 0.2) is 56.7 Å². The molecule has 0 saturated carbocycles. The lowest BCUT2D eigenvalue weighted by atomic mass is 10.1. The van der Waals surface area contributed by atoms with Crippen LogP contribution in [0.5, 0.6) is 0 Å². The molecule has 0 amide bonds. The number of piperazine rings is 2. The fourth-order valence-electron chi connectivity index (χ4n) is 7.01. The fourth-order valence-corrected chi connectivity index (χ4v) is 7.01. The zero-order chi connectivity index (χ0) is 36.0. The van der Waals surface area contributed by atoms with Crippen LogP contribution in [0, 0.1) is 0 Å². The van der Waals surface area contributed by atoms with E-state index < -0.39 is 11.5 Å². The number of hydrogen-bond donors (Lipinski definition) is 4. The van der Waals surface area contributed by atoms with Crippen molar-refractivity contribution in [2.45, 2.75) is 51.2 Å². The van der Waals surface area contributed by atoms with E-state index in [2.05, 4.69) is 24.9 Å². The van der Waals surface area contributed by atoms with E-state index in [1.807, 2.05) is 39.0 Å². The molecule has 5 N–H and O–H groups in total. The molecule has 3 aliphatic rings. The molecule has 8 rings (SSSR count). The van der Waals surface area contributed by atoms with Crippen LogP contribution in [0.25, 0.3) is 28.8 Å². The topological polar surface area (TPSA) is 204 Å². The molecule has 0 spiro atoms. The summed E-state index contributed by atoms with van der Waals surface area (Å²) in [5.74, 6) is 2.59. The van der Waals surface area contributed by atoms with Crippen LogP contribution < -0.4 is 16.0 Å². The molecule has 3 aliphatic heterocycles. The van der Waals surface area contributed by atoms with Crippen LogP contribution in [0.4, 0.5) is 11.8 Å². The second-order valence-corrected chi connectivity index (χ2v) is 14.5. The minimum atomic E-state index is -1.65. The Morgan fingerprint density at radius 2 is 1.56 bits per heavy atom. The second-order valence-electron chi connectivity index (χ2n) is 14.5. The molecular weight excluding hydrogens is 668 g/mol. The lowest BCUT2D eigenvalue weighted by Crippen LogP contribution is -2.57. The molecule has 0 radical (unpaired) electrons. The number of β-amino-alcohol motifs (C(OH)–C–C–N with tert-alkyl or cyclic N) is 1. The number of aliphatic hydroxyl groups is 2. The smallest absolute Gasteiger partial charge is 0.290 e. The predicted octanol–water partition coefficient (Wildman–Crippen LogP) is 1.11. The van der Waals surface area contributed by atoms with Gasteiger partial charge in [-0.05, 0) is 51.5 Å². The van der Waals surface area contributed by atoms with Crippen molar-refractivity contribution in [2.24, 2.45) is 10.7 Å². The normalized spacial score (nSPS) is 21.1. The van der Waals surface area contributed by atoms with Crippen molar-refractivity contribution in [1.82, 2.24) is 49.0 Å². The lowest BCUT2D eigenvalue weighted by molar-refractivity contribution is 0.0344. The summed E-state index contributed by atoms with van der Waals surface area (Å²) >= 11 is 0. The van der Waals surface area contributed by atoms with Gasteiger partial charge in [-0.1, -0.05) is 0 Å². The van der Waals surface area contributed by atoms with Gasteiger partial charge >= 0.3 is 0 Å². The Labute approximate surface area is 300 Å². The number of rotatable bonds is 10.